The van der Waals surface area contributed by atoms with Crippen molar-refractivity contribution in [3.63, 3.8) is 0 Å². The molecule has 0 amide bonds. The van der Waals surface area contributed by atoms with Crippen LogP contribution in [0.1, 0.15) is 26.7 Å². The molecular formula is C11H25NO2. The van der Waals surface area contributed by atoms with Gasteiger partial charge in [0.1, 0.15) is 0 Å². The second kappa shape index (κ2) is 8.21. The number of ether oxygens (including phenoxy) is 1. The number of rotatable bonds is 8. The van der Waals surface area contributed by atoms with Gasteiger partial charge in [0.2, 0.25) is 0 Å². The van der Waals surface area contributed by atoms with Crippen molar-refractivity contribution in [1.82, 2.24) is 4.90 Å². The van der Waals surface area contributed by atoms with E-state index < -0.39 is 0 Å². The van der Waals surface area contributed by atoms with Crippen LogP contribution in [0.2, 0.25) is 0 Å². The average Bonchev–Trinajstić information content (AvgIpc) is 2.16. The molecular weight excluding hydrogens is 178 g/mol. The van der Waals surface area contributed by atoms with Gasteiger partial charge in [-0.05, 0) is 19.4 Å². The third kappa shape index (κ3) is 6.35. The zero-order valence-corrected chi connectivity index (χ0v) is 9.99. The molecule has 0 rings (SSSR count). The van der Waals surface area contributed by atoms with Crippen LogP contribution in [0, 0.1) is 5.92 Å². The van der Waals surface area contributed by atoms with Gasteiger partial charge in [-0.15, -0.1) is 0 Å². The van der Waals surface area contributed by atoms with Gasteiger partial charge in [-0.3, -0.25) is 0 Å². The van der Waals surface area contributed by atoms with E-state index in [9.17, 15) is 5.11 Å². The van der Waals surface area contributed by atoms with Gasteiger partial charge >= 0.3 is 0 Å². The number of nitrogens with zero attached hydrogens (tertiary/aromatic N) is 1. The molecule has 2 atom stereocenters. The molecule has 0 aliphatic rings. The molecule has 2 unspecified atom stereocenters. The third-order valence-corrected chi connectivity index (χ3v) is 2.69. The van der Waals surface area contributed by atoms with Crippen LogP contribution in [-0.4, -0.2) is 50.0 Å². The van der Waals surface area contributed by atoms with Crippen molar-refractivity contribution in [2.75, 3.05) is 33.9 Å². The summed E-state index contributed by atoms with van der Waals surface area (Å²) in [4.78, 5) is 2.16. The average molecular weight is 203 g/mol. The summed E-state index contributed by atoms with van der Waals surface area (Å²) in [6, 6.07) is 0. The summed E-state index contributed by atoms with van der Waals surface area (Å²) < 4.78 is 4.98. The Morgan fingerprint density at radius 2 is 2.07 bits per heavy atom. The van der Waals surface area contributed by atoms with Crippen molar-refractivity contribution in [3.8, 4) is 0 Å². The maximum atomic E-state index is 9.77. The zero-order valence-electron chi connectivity index (χ0n) is 9.99. The summed E-state index contributed by atoms with van der Waals surface area (Å²) >= 11 is 0. The molecule has 0 saturated carbocycles. The lowest BCUT2D eigenvalue weighted by atomic mass is 10.0. The topological polar surface area (TPSA) is 32.7 Å². The van der Waals surface area contributed by atoms with Crippen molar-refractivity contribution in [3.05, 3.63) is 0 Å². The second-order valence-electron chi connectivity index (χ2n) is 4.06. The summed E-state index contributed by atoms with van der Waals surface area (Å²) in [6.07, 6.45) is 1.86. The minimum Gasteiger partial charge on any atom is -0.392 e. The Labute approximate surface area is 88.1 Å². The maximum absolute atomic E-state index is 9.77. The first-order valence-electron chi connectivity index (χ1n) is 5.47. The molecule has 0 aromatic rings. The smallest absolute Gasteiger partial charge is 0.0692 e. The van der Waals surface area contributed by atoms with E-state index in [0.717, 1.165) is 32.5 Å². The highest BCUT2D eigenvalue weighted by molar-refractivity contribution is 4.66. The van der Waals surface area contributed by atoms with Crippen molar-refractivity contribution in [1.29, 1.82) is 0 Å². The number of methoxy groups -OCH3 is 1. The quantitative estimate of drug-likeness (QED) is 0.605. The van der Waals surface area contributed by atoms with Gasteiger partial charge in [-0.1, -0.05) is 20.3 Å². The Balaban J connectivity index is 3.54. The predicted octanol–water partition coefficient (Wildman–Crippen LogP) is 1.36. The fourth-order valence-corrected chi connectivity index (χ4v) is 1.34. The Hall–Kier alpha value is -0.120. The number of likely N-dealkylation sites (N-methyl/N-ethyl adjacent to an activating group) is 1. The van der Waals surface area contributed by atoms with Crippen LogP contribution in [0.25, 0.3) is 0 Å². The molecule has 0 aliphatic heterocycles. The van der Waals surface area contributed by atoms with E-state index in [1.807, 2.05) is 7.05 Å². The summed E-state index contributed by atoms with van der Waals surface area (Å²) in [5, 5.41) is 9.77. The van der Waals surface area contributed by atoms with Gasteiger partial charge in [0, 0.05) is 26.8 Å². The molecule has 0 aliphatic carbocycles. The standard InChI is InChI=1S/C11H25NO2/c1-5-10(2)11(13)9-12(3)7-6-8-14-4/h10-11,13H,5-9H2,1-4H3. The van der Waals surface area contributed by atoms with Gasteiger partial charge in [0.05, 0.1) is 6.10 Å². The van der Waals surface area contributed by atoms with Crippen LogP contribution >= 0.6 is 0 Å². The fourth-order valence-electron chi connectivity index (χ4n) is 1.34. The van der Waals surface area contributed by atoms with E-state index in [-0.39, 0.29) is 6.10 Å². The predicted molar refractivity (Wildman–Crippen MR) is 59.5 cm³/mol. The first-order valence-corrected chi connectivity index (χ1v) is 5.47. The van der Waals surface area contributed by atoms with Crippen LogP contribution in [-0.2, 0) is 4.74 Å². The molecule has 14 heavy (non-hydrogen) atoms. The summed E-state index contributed by atoms with van der Waals surface area (Å²) in [5.74, 6) is 0.389. The Morgan fingerprint density at radius 3 is 2.57 bits per heavy atom. The molecule has 0 aromatic heterocycles. The first-order chi connectivity index (χ1) is 6.61. The van der Waals surface area contributed by atoms with Gasteiger partial charge < -0.3 is 14.7 Å². The summed E-state index contributed by atoms with van der Waals surface area (Å²) in [5.41, 5.74) is 0. The molecule has 3 heteroatoms. The third-order valence-electron chi connectivity index (χ3n) is 2.69. The summed E-state index contributed by atoms with van der Waals surface area (Å²) in [6.45, 7) is 6.75. The van der Waals surface area contributed by atoms with E-state index >= 15 is 0 Å². The molecule has 0 heterocycles. The lowest BCUT2D eigenvalue weighted by Gasteiger charge is -2.23. The normalized spacial score (nSPS) is 15.9. The van der Waals surface area contributed by atoms with Crippen LogP contribution in [0.5, 0.6) is 0 Å². The van der Waals surface area contributed by atoms with Crippen molar-refractivity contribution in [2.24, 2.45) is 5.92 Å². The minimum absolute atomic E-state index is 0.201. The lowest BCUT2D eigenvalue weighted by Crippen LogP contribution is -2.34. The Kier molecular flexibility index (Phi) is 8.14. The highest BCUT2D eigenvalue weighted by Crippen LogP contribution is 2.08. The van der Waals surface area contributed by atoms with Crippen LogP contribution in [0.15, 0.2) is 0 Å². The van der Waals surface area contributed by atoms with E-state index in [2.05, 4.69) is 18.7 Å². The minimum atomic E-state index is -0.201. The molecule has 86 valence electrons. The highest BCUT2D eigenvalue weighted by atomic mass is 16.5. The number of aliphatic hydroxyl groups excluding tert-OH is 1. The Morgan fingerprint density at radius 1 is 1.43 bits per heavy atom. The molecule has 0 aromatic carbocycles. The second-order valence-corrected chi connectivity index (χ2v) is 4.06. The van der Waals surface area contributed by atoms with E-state index in [1.54, 1.807) is 7.11 Å². The number of hydrogen-bond donors (Lipinski definition) is 1. The zero-order chi connectivity index (χ0) is 11.0. The van der Waals surface area contributed by atoms with E-state index in [1.165, 1.54) is 0 Å². The fraction of sp³-hybridized carbons (Fsp3) is 1.00. The first kappa shape index (κ1) is 13.9. The Bertz CT molecular complexity index is 130. The van der Waals surface area contributed by atoms with Gasteiger partial charge in [-0.2, -0.15) is 0 Å². The summed E-state index contributed by atoms with van der Waals surface area (Å²) in [7, 11) is 3.76. The molecule has 0 radical (unpaired) electrons. The number of hydrogen-bond acceptors (Lipinski definition) is 3. The molecule has 0 spiro atoms. The van der Waals surface area contributed by atoms with Crippen molar-refractivity contribution in [2.45, 2.75) is 32.8 Å². The molecule has 0 bridgehead atoms. The maximum Gasteiger partial charge on any atom is 0.0692 e. The monoisotopic (exact) mass is 203 g/mol. The molecule has 0 saturated heterocycles. The molecule has 0 fully saturated rings. The van der Waals surface area contributed by atoms with Crippen molar-refractivity contribution >= 4 is 0 Å². The molecule has 1 N–H and O–H groups in total. The van der Waals surface area contributed by atoms with Gasteiger partial charge in [-0.25, -0.2) is 0 Å². The van der Waals surface area contributed by atoms with E-state index in [4.69, 9.17) is 4.74 Å². The number of aliphatic hydroxyl groups is 1. The highest BCUT2D eigenvalue weighted by Gasteiger charge is 2.13. The van der Waals surface area contributed by atoms with Gasteiger partial charge in [0.15, 0.2) is 0 Å². The van der Waals surface area contributed by atoms with Crippen molar-refractivity contribution < 1.29 is 9.84 Å². The lowest BCUT2D eigenvalue weighted by molar-refractivity contribution is 0.0740. The SMILES string of the molecule is CCC(C)C(O)CN(C)CCCOC. The van der Waals surface area contributed by atoms with Gasteiger partial charge in [0.25, 0.3) is 0 Å². The van der Waals surface area contributed by atoms with Crippen LogP contribution in [0.4, 0.5) is 0 Å². The van der Waals surface area contributed by atoms with Crippen LogP contribution < -0.4 is 0 Å². The molecule has 3 nitrogen and oxygen atoms in total. The van der Waals surface area contributed by atoms with Crippen LogP contribution in [0.3, 0.4) is 0 Å². The largest absolute Gasteiger partial charge is 0.392 e. The van der Waals surface area contributed by atoms with E-state index in [0.29, 0.717) is 5.92 Å².